The number of esters is 1. The Morgan fingerprint density at radius 1 is 1.00 bits per heavy atom. The molecule has 0 unspecified atom stereocenters. The number of amides is 2. The molecule has 8 nitrogen and oxygen atoms in total. The summed E-state index contributed by atoms with van der Waals surface area (Å²) in [6.07, 6.45) is -0.623. The first-order chi connectivity index (χ1) is 15.5. The standard InChI is InChI=1S/C23H26FN3O5/c1-2-31-23(30)25-19-8-5-7-17(14-19)22(29)32-16-21(28)27-12-10-26(11-13-27)15-18-6-3-4-9-20(18)24/h3-9,14H,2,10-13,15-16H2,1H3,(H,25,30). The van der Waals surface area contributed by atoms with Crippen molar-refractivity contribution in [2.24, 2.45) is 0 Å². The molecule has 1 N–H and O–H groups in total. The lowest BCUT2D eigenvalue weighted by atomic mass is 10.2. The second kappa shape index (κ2) is 11.2. The maximum Gasteiger partial charge on any atom is 0.411 e. The summed E-state index contributed by atoms with van der Waals surface area (Å²) in [5.41, 5.74) is 1.22. The van der Waals surface area contributed by atoms with Gasteiger partial charge in [0, 0.05) is 44.0 Å². The number of halogens is 1. The van der Waals surface area contributed by atoms with Gasteiger partial charge in [0.1, 0.15) is 5.82 Å². The van der Waals surface area contributed by atoms with Crippen LogP contribution in [0.25, 0.3) is 0 Å². The van der Waals surface area contributed by atoms with Crippen LogP contribution in [0.5, 0.6) is 0 Å². The molecule has 2 aromatic rings. The Morgan fingerprint density at radius 3 is 2.47 bits per heavy atom. The summed E-state index contributed by atoms with van der Waals surface area (Å²) >= 11 is 0. The van der Waals surface area contributed by atoms with Crippen molar-refractivity contribution < 1.29 is 28.2 Å². The van der Waals surface area contributed by atoms with Crippen LogP contribution in [-0.2, 0) is 20.8 Å². The number of benzene rings is 2. The van der Waals surface area contributed by atoms with Gasteiger partial charge in [0.25, 0.3) is 5.91 Å². The van der Waals surface area contributed by atoms with Crippen molar-refractivity contribution in [2.45, 2.75) is 13.5 Å². The fraction of sp³-hybridized carbons (Fsp3) is 0.348. The van der Waals surface area contributed by atoms with E-state index >= 15 is 0 Å². The Labute approximate surface area is 185 Å². The van der Waals surface area contributed by atoms with Gasteiger partial charge in [-0.3, -0.25) is 15.0 Å². The zero-order chi connectivity index (χ0) is 22.9. The molecule has 1 fully saturated rings. The third-order valence-electron chi connectivity index (χ3n) is 5.02. The second-order valence-electron chi connectivity index (χ2n) is 7.25. The van der Waals surface area contributed by atoms with Crippen molar-refractivity contribution in [1.29, 1.82) is 0 Å². The Kier molecular flexibility index (Phi) is 8.15. The average Bonchev–Trinajstić information content (AvgIpc) is 2.79. The topological polar surface area (TPSA) is 88.2 Å². The first-order valence-corrected chi connectivity index (χ1v) is 10.4. The monoisotopic (exact) mass is 443 g/mol. The van der Waals surface area contributed by atoms with Crippen molar-refractivity contribution in [3.63, 3.8) is 0 Å². The number of carbonyl (C=O) groups excluding carboxylic acids is 3. The van der Waals surface area contributed by atoms with Crippen molar-refractivity contribution in [2.75, 3.05) is 44.7 Å². The summed E-state index contributed by atoms with van der Waals surface area (Å²) in [5.74, 6) is -1.19. The van der Waals surface area contributed by atoms with E-state index in [1.165, 1.54) is 18.2 Å². The summed E-state index contributed by atoms with van der Waals surface area (Å²) in [7, 11) is 0. The normalized spacial score (nSPS) is 14.0. The van der Waals surface area contributed by atoms with Crippen LogP contribution in [-0.4, -0.2) is 67.2 Å². The van der Waals surface area contributed by atoms with E-state index in [0.29, 0.717) is 44.0 Å². The molecule has 0 aliphatic carbocycles. The molecular weight excluding hydrogens is 417 g/mol. The molecule has 0 spiro atoms. The first kappa shape index (κ1) is 23.2. The fourth-order valence-corrected chi connectivity index (χ4v) is 3.33. The quantitative estimate of drug-likeness (QED) is 0.662. The number of piperazine rings is 1. The highest BCUT2D eigenvalue weighted by Crippen LogP contribution is 2.14. The SMILES string of the molecule is CCOC(=O)Nc1cccc(C(=O)OCC(=O)N2CCN(Cc3ccccc3F)CC2)c1. The highest BCUT2D eigenvalue weighted by atomic mass is 19.1. The largest absolute Gasteiger partial charge is 0.452 e. The molecular formula is C23H26FN3O5. The van der Waals surface area contributed by atoms with Gasteiger partial charge >= 0.3 is 12.1 Å². The Hall–Kier alpha value is -3.46. The maximum atomic E-state index is 13.8. The van der Waals surface area contributed by atoms with E-state index in [9.17, 15) is 18.8 Å². The molecule has 9 heteroatoms. The smallest absolute Gasteiger partial charge is 0.411 e. The second-order valence-corrected chi connectivity index (χ2v) is 7.25. The third-order valence-corrected chi connectivity index (χ3v) is 5.02. The number of carbonyl (C=O) groups is 3. The van der Waals surface area contributed by atoms with Gasteiger partial charge in [-0.2, -0.15) is 0 Å². The van der Waals surface area contributed by atoms with E-state index in [1.54, 1.807) is 42.2 Å². The lowest BCUT2D eigenvalue weighted by Gasteiger charge is -2.34. The van der Waals surface area contributed by atoms with Crippen molar-refractivity contribution >= 4 is 23.7 Å². The minimum atomic E-state index is -0.663. The van der Waals surface area contributed by atoms with Crippen LogP contribution in [0.15, 0.2) is 48.5 Å². The van der Waals surface area contributed by atoms with E-state index in [-0.39, 0.29) is 30.5 Å². The maximum absolute atomic E-state index is 13.8. The van der Waals surface area contributed by atoms with Crippen LogP contribution >= 0.6 is 0 Å². The number of rotatable bonds is 7. The zero-order valence-electron chi connectivity index (χ0n) is 17.9. The molecule has 3 rings (SSSR count). The Balaban J connectivity index is 1.44. The van der Waals surface area contributed by atoms with Gasteiger partial charge in [0.05, 0.1) is 12.2 Å². The van der Waals surface area contributed by atoms with Crippen LogP contribution in [0.2, 0.25) is 0 Å². The number of hydrogen-bond acceptors (Lipinski definition) is 6. The van der Waals surface area contributed by atoms with Gasteiger partial charge < -0.3 is 14.4 Å². The number of nitrogens with one attached hydrogen (secondary N) is 1. The zero-order valence-corrected chi connectivity index (χ0v) is 17.9. The van der Waals surface area contributed by atoms with Crippen LogP contribution in [0.3, 0.4) is 0 Å². The molecule has 1 saturated heterocycles. The van der Waals surface area contributed by atoms with Gasteiger partial charge in [-0.05, 0) is 31.2 Å². The van der Waals surface area contributed by atoms with Gasteiger partial charge in [-0.25, -0.2) is 14.0 Å². The fourth-order valence-electron chi connectivity index (χ4n) is 3.33. The van der Waals surface area contributed by atoms with Crippen LogP contribution < -0.4 is 5.32 Å². The molecule has 0 atom stereocenters. The predicted molar refractivity (Wildman–Crippen MR) is 116 cm³/mol. The first-order valence-electron chi connectivity index (χ1n) is 10.4. The number of anilines is 1. The van der Waals surface area contributed by atoms with Gasteiger partial charge in [0.2, 0.25) is 0 Å². The molecule has 2 amide bonds. The summed E-state index contributed by atoms with van der Waals surface area (Å²) in [6, 6.07) is 12.8. The minimum Gasteiger partial charge on any atom is -0.452 e. The summed E-state index contributed by atoms with van der Waals surface area (Å²) in [5, 5.41) is 2.51. The van der Waals surface area contributed by atoms with Crippen LogP contribution in [0.1, 0.15) is 22.8 Å². The molecule has 0 aromatic heterocycles. The van der Waals surface area contributed by atoms with Gasteiger partial charge in [-0.1, -0.05) is 24.3 Å². The summed E-state index contributed by atoms with van der Waals surface area (Å²) in [6.45, 7) is 4.20. The van der Waals surface area contributed by atoms with Gasteiger partial charge in [-0.15, -0.1) is 0 Å². The highest BCUT2D eigenvalue weighted by molar-refractivity contribution is 5.93. The van der Waals surface area contributed by atoms with E-state index in [1.807, 2.05) is 0 Å². The molecule has 0 bridgehead atoms. The molecule has 32 heavy (non-hydrogen) atoms. The predicted octanol–water partition coefficient (Wildman–Crippen LogP) is 2.90. The lowest BCUT2D eigenvalue weighted by Crippen LogP contribution is -2.49. The summed E-state index contributed by atoms with van der Waals surface area (Å²) < 4.78 is 23.8. The minimum absolute atomic E-state index is 0.210. The van der Waals surface area contributed by atoms with Crippen molar-refractivity contribution in [3.05, 3.63) is 65.5 Å². The molecule has 1 heterocycles. The molecule has 0 saturated carbocycles. The van der Waals surface area contributed by atoms with Crippen LogP contribution in [0, 0.1) is 5.82 Å². The number of hydrogen-bond donors (Lipinski definition) is 1. The third kappa shape index (κ3) is 6.52. The van der Waals surface area contributed by atoms with Crippen LogP contribution in [0.4, 0.5) is 14.9 Å². The molecule has 0 radical (unpaired) electrons. The van der Waals surface area contributed by atoms with E-state index in [4.69, 9.17) is 9.47 Å². The number of ether oxygens (including phenoxy) is 2. The molecule has 2 aromatic carbocycles. The Bertz CT molecular complexity index is 960. The Morgan fingerprint density at radius 2 is 1.75 bits per heavy atom. The van der Waals surface area contributed by atoms with Gasteiger partial charge in [0.15, 0.2) is 6.61 Å². The highest BCUT2D eigenvalue weighted by Gasteiger charge is 2.23. The molecule has 1 aliphatic rings. The lowest BCUT2D eigenvalue weighted by molar-refractivity contribution is -0.136. The molecule has 1 aliphatic heterocycles. The average molecular weight is 443 g/mol. The molecule has 170 valence electrons. The number of nitrogens with zero attached hydrogens (tertiary/aromatic N) is 2. The van der Waals surface area contributed by atoms with E-state index < -0.39 is 12.1 Å². The van der Waals surface area contributed by atoms with Crippen molar-refractivity contribution in [3.8, 4) is 0 Å². The van der Waals surface area contributed by atoms with E-state index in [0.717, 1.165) is 0 Å². The summed E-state index contributed by atoms with van der Waals surface area (Å²) in [4.78, 5) is 39.9. The van der Waals surface area contributed by atoms with Crippen molar-refractivity contribution in [1.82, 2.24) is 9.80 Å². The van der Waals surface area contributed by atoms with E-state index in [2.05, 4.69) is 10.2 Å².